The van der Waals surface area contributed by atoms with E-state index in [4.69, 9.17) is 10.8 Å². The molecule has 18 heavy (non-hydrogen) atoms. The lowest BCUT2D eigenvalue weighted by Crippen LogP contribution is -2.53. The summed E-state index contributed by atoms with van der Waals surface area (Å²) in [5, 5.41) is 9.07. The zero-order valence-electron chi connectivity index (χ0n) is 11.3. The van der Waals surface area contributed by atoms with Crippen molar-refractivity contribution in [1.29, 1.82) is 0 Å². The lowest BCUT2D eigenvalue weighted by Gasteiger charge is -2.29. The molecule has 0 aromatic carbocycles. The van der Waals surface area contributed by atoms with Crippen molar-refractivity contribution in [3.63, 3.8) is 0 Å². The molecule has 1 saturated heterocycles. The fourth-order valence-electron chi connectivity index (χ4n) is 2.32. The summed E-state index contributed by atoms with van der Waals surface area (Å²) in [6.07, 6.45) is 0.387. The van der Waals surface area contributed by atoms with Crippen molar-refractivity contribution in [2.24, 2.45) is 5.73 Å². The molecule has 0 bridgehead atoms. The Morgan fingerprint density at radius 3 is 2.39 bits per heavy atom. The molecule has 2 atom stereocenters. The highest BCUT2D eigenvalue weighted by atomic mass is 16.4. The van der Waals surface area contributed by atoms with Crippen molar-refractivity contribution in [2.45, 2.75) is 38.8 Å². The zero-order valence-corrected chi connectivity index (χ0v) is 11.3. The Morgan fingerprint density at radius 2 is 2.00 bits per heavy atom. The molecule has 6 nitrogen and oxygen atoms in total. The third kappa shape index (κ3) is 2.81. The van der Waals surface area contributed by atoms with Gasteiger partial charge in [0.1, 0.15) is 5.54 Å². The Kier molecular flexibility index (Phi) is 4.70. The van der Waals surface area contributed by atoms with Crippen LogP contribution in [0.3, 0.4) is 0 Å². The number of aliphatic carboxylic acids is 1. The third-order valence-electron chi connectivity index (χ3n) is 3.74. The molecule has 0 radical (unpaired) electrons. The number of carbonyl (C=O) groups excluding carboxylic acids is 1. The van der Waals surface area contributed by atoms with Crippen LogP contribution in [0.25, 0.3) is 0 Å². The summed E-state index contributed by atoms with van der Waals surface area (Å²) in [4.78, 5) is 26.8. The highest BCUT2D eigenvalue weighted by Crippen LogP contribution is 2.21. The molecule has 1 rings (SSSR count). The van der Waals surface area contributed by atoms with Gasteiger partial charge in [-0.15, -0.1) is 0 Å². The molecule has 0 aromatic rings. The molecular weight excluding hydrogens is 234 g/mol. The van der Waals surface area contributed by atoms with Crippen LogP contribution in [0, 0.1) is 0 Å². The highest BCUT2D eigenvalue weighted by molar-refractivity contribution is 5.82. The van der Waals surface area contributed by atoms with Gasteiger partial charge in [0, 0.05) is 26.2 Å². The van der Waals surface area contributed by atoms with Crippen LogP contribution < -0.4 is 5.73 Å². The van der Waals surface area contributed by atoms with E-state index in [2.05, 4.69) is 0 Å². The fraction of sp³-hybridized carbons (Fsp3) is 0.833. The van der Waals surface area contributed by atoms with Gasteiger partial charge in [-0.05, 0) is 27.2 Å². The van der Waals surface area contributed by atoms with E-state index in [-0.39, 0.29) is 18.5 Å². The van der Waals surface area contributed by atoms with E-state index in [1.165, 1.54) is 0 Å². The first-order valence-electron chi connectivity index (χ1n) is 6.40. The molecule has 1 fully saturated rings. The number of amides is 1. The second-order valence-electron chi connectivity index (χ2n) is 4.87. The molecule has 0 spiro atoms. The lowest BCUT2D eigenvalue weighted by molar-refractivity contribution is -0.143. The quantitative estimate of drug-likeness (QED) is 0.708. The number of likely N-dealkylation sites (N-methyl/N-ethyl adjacent to an activating group) is 1. The van der Waals surface area contributed by atoms with Crippen molar-refractivity contribution in [1.82, 2.24) is 9.80 Å². The molecule has 1 heterocycles. The van der Waals surface area contributed by atoms with Gasteiger partial charge in [-0.25, -0.2) is 0 Å². The maximum Gasteiger partial charge on any atom is 0.325 e. The Hall–Kier alpha value is -1.14. The lowest BCUT2D eigenvalue weighted by atomic mass is 10.0. The number of carboxylic acids is 1. The monoisotopic (exact) mass is 257 g/mol. The first-order valence-corrected chi connectivity index (χ1v) is 6.40. The molecule has 0 aliphatic carbocycles. The SMILES string of the molecule is CCN(CC)C(=O)C(C)N1CCC(N)(C(=O)O)C1. The minimum atomic E-state index is -1.21. The van der Waals surface area contributed by atoms with Crippen LogP contribution in [0.4, 0.5) is 0 Å². The van der Waals surface area contributed by atoms with E-state index in [9.17, 15) is 9.59 Å². The fourth-order valence-corrected chi connectivity index (χ4v) is 2.32. The van der Waals surface area contributed by atoms with Gasteiger partial charge in [0.25, 0.3) is 0 Å². The van der Waals surface area contributed by atoms with E-state index in [1.54, 1.807) is 4.90 Å². The van der Waals surface area contributed by atoms with Gasteiger partial charge in [0.2, 0.25) is 5.91 Å². The number of hydrogen-bond donors (Lipinski definition) is 2. The minimum Gasteiger partial charge on any atom is -0.480 e. The zero-order chi connectivity index (χ0) is 13.9. The molecule has 1 amide bonds. The number of likely N-dealkylation sites (tertiary alicyclic amines) is 1. The van der Waals surface area contributed by atoms with Gasteiger partial charge in [0.15, 0.2) is 0 Å². The Bertz CT molecular complexity index is 331. The number of carbonyl (C=O) groups is 2. The smallest absolute Gasteiger partial charge is 0.325 e. The van der Waals surface area contributed by atoms with E-state index < -0.39 is 11.5 Å². The maximum absolute atomic E-state index is 12.2. The summed E-state index contributed by atoms with van der Waals surface area (Å²) >= 11 is 0. The number of nitrogens with two attached hydrogens (primary N) is 1. The predicted molar refractivity (Wildman–Crippen MR) is 68.1 cm³/mol. The Morgan fingerprint density at radius 1 is 1.44 bits per heavy atom. The van der Waals surface area contributed by atoms with E-state index >= 15 is 0 Å². The summed E-state index contributed by atoms with van der Waals surface area (Å²) in [6.45, 7) is 7.80. The van der Waals surface area contributed by atoms with Crippen LogP contribution in [0.15, 0.2) is 0 Å². The maximum atomic E-state index is 12.2. The number of carboxylic acid groups (broad SMARTS) is 1. The summed E-state index contributed by atoms with van der Waals surface area (Å²) in [7, 11) is 0. The van der Waals surface area contributed by atoms with Gasteiger partial charge < -0.3 is 15.7 Å². The van der Waals surface area contributed by atoms with E-state index in [0.29, 0.717) is 26.1 Å². The molecule has 0 aromatic heterocycles. The largest absolute Gasteiger partial charge is 0.480 e. The van der Waals surface area contributed by atoms with E-state index in [1.807, 2.05) is 25.7 Å². The molecule has 3 N–H and O–H groups in total. The van der Waals surface area contributed by atoms with Crippen molar-refractivity contribution < 1.29 is 14.7 Å². The third-order valence-corrected chi connectivity index (χ3v) is 3.74. The number of hydrogen-bond acceptors (Lipinski definition) is 4. The predicted octanol–water partition coefficient (Wildman–Crippen LogP) is -0.269. The van der Waals surface area contributed by atoms with Crippen LogP contribution in [0.2, 0.25) is 0 Å². The topological polar surface area (TPSA) is 86.9 Å². The van der Waals surface area contributed by atoms with Crippen LogP contribution in [0.1, 0.15) is 27.2 Å². The molecule has 1 aliphatic heterocycles. The molecule has 0 saturated carbocycles. The van der Waals surface area contributed by atoms with Gasteiger partial charge >= 0.3 is 5.97 Å². The second kappa shape index (κ2) is 5.67. The van der Waals surface area contributed by atoms with Gasteiger partial charge in [0.05, 0.1) is 6.04 Å². The first kappa shape index (κ1) is 14.9. The summed E-state index contributed by atoms with van der Waals surface area (Å²) in [5.41, 5.74) is 4.59. The normalized spacial score (nSPS) is 26.0. The minimum absolute atomic E-state index is 0.0367. The first-order chi connectivity index (χ1) is 8.35. The van der Waals surface area contributed by atoms with Crippen molar-refractivity contribution >= 4 is 11.9 Å². The molecule has 2 unspecified atom stereocenters. The molecule has 6 heteroatoms. The average molecular weight is 257 g/mol. The van der Waals surface area contributed by atoms with Gasteiger partial charge in [-0.3, -0.25) is 14.5 Å². The second-order valence-corrected chi connectivity index (χ2v) is 4.87. The average Bonchev–Trinajstić information content (AvgIpc) is 2.74. The highest BCUT2D eigenvalue weighted by Gasteiger charge is 2.43. The van der Waals surface area contributed by atoms with Crippen molar-refractivity contribution in [3.05, 3.63) is 0 Å². The summed E-state index contributed by atoms with van der Waals surface area (Å²) < 4.78 is 0. The van der Waals surface area contributed by atoms with Crippen LogP contribution in [0.5, 0.6) is 0 Å². The standard InChI is InChI=1S/C12H23N3O3/c1-4-14(5-2)10(16)9(3)15-7-6-12(13,8-15)11(17)18/h9H,4-8,13H2,1-3H3,(H,17,18). The van der Waals surface area contributed by atoms with Crippen LogP contribution in [-0.4, -0.2) is 64.5 Å². The Balaban J connectivity index is 2.67. The summed E-state index contributed by atoms with van der Waals surface area (Å²) in [5.74, 6) is -0.956. The number of rotatable bonds is 5. The summed E-state index contributed by atoms with van der Waals surface area (Å²) in [6, 6.07) is -0.310. The Labute approximate surface area is 108 Å². The van der Waals surface area contributed by atoms with Crippen molar-refractivity contribution in [3.8, 4) is 0 Å². The van der Waals surface area contributed by atoms with Crippen molar-refractivity contribution in [2.75, 3.05) is 26.2 Å². The molecule has 1 aliphatic rings. The molecular formula is C12H23N3O3. The van der Waals surface area contributed by atoms with E-state index in [0.717, 1.165) is 0 Å². The molecule has 104 valence electrons. The van der Waals surface area contributed by atoms with Gasteiger partial charge in [-0.2, -0.15) is 0 Å². The van der Waals surface area contributed by atoms with Gasteiger partial charge in [-0.1, -0.05) is 0 Å². The van der Waals surface area contributed by atoms with Crippen LogP contribution in [-0.2, 0) is 9.59 Å². The number of nitrogens with zero attached hydrogens (tertiary/aromatic N) is 2. The van der Waals surface area contributed by atoms with Crippen LogP contribution >= 0.6 is 0 Å².